The SMILES string of the molecule is C[NH+]1[C@@H](CCC(=O)N2CCN(C3CCCC[NH2+]3)CC2)CNC(=O)[C@@H]2[C@@H]1CCN2C1CCCCC1. The summed E-state index contributed by atoms with van der Waals surface area (Å²) in [6.45, 7) is 6.77. The molecule has 4 N–H and O–H groups in total. The molecule has 0 spiro atoms. The van der Waals surface area contributed by atoms with Crippen LogP contribution in [0.15, 0.2) is 0 Å². The first-order valence-corrected chi connectivity index (χ1v) is 14.3. The molecule has 1 aliphatic carbocycles. The molecule has 4 heterocycles. The summed E-state index contributed by atoms with van der Waals surface area (Å²) in [5.41, 5.74) is 0. The van der Waals surface area contributed by atoms with Crippen molar-refractivity contribution in [2.24, 2.45) is 0 Å². The second-order valence-corrected chi connectivity index (χ2v) is 11.6. The molecule has 2 unspecified atom stereocenters. The normalized spacial score (nSPS) is 36.7. The molecule has 0 aromatic carbocycles. The number of fused-ring (bicyclic) bond motifs is 1. The monoisotopic (exact) mass is 476 g/mol. The van der Waals surface area contributed by atoms with Crippen molar-refractivity contribution in [1.82, 2.24) is 20.0 Å². The van der Waals surface area contributed by atoms with Gasteiger partial charge in [0, 0.05) is 64.4 Å². The highest BCUT2D eigenvalue weighted by Gasteiger charge is 2.50. The quantitative estimate of drug-likeness (QED) is 0.465. The summed E-state index contributed by atoms with van der Waals surface area (Å²) in [4.78, 5) is 34.9. The van der Waals surface area contributed by atoms with E-state index in [9.17, 15) is 9.59 Å². The van der Waals surface area contributed by atoms with Gasteiger partial charge in [0.25, 0.3) is 0 Å². The molecule has 5 atom stereocenters. The van der Waals surface area contributed by atoms with Crippen molar-refractivity contribution in [3.8, 4) is 0 Å². The van der Waals surface area contributed by atoms with E-state index in [1.807, 2.05) is 0 Å². The second kappa shape index (κ2) is 11.2. The molecule has 5 fully saturated rings. The molecule has 0 bridgehead atoms. The Hall–Kier alpha value is -1.22. The third-order valence-electron chi connectivity index (χ3n) is 9.74. The second-order valence-electron chi connectivity index (χ2n) is 11.6. The standard InChI is InChI=1S/C26H46N6O2/c1-29-21(10-11-24(33)31-17-15-30(16-18-31)23-9-5-6-13-27-23)19-28-26(34)25-22(29)12-14-32(25)20-7-3-2-4-8-20/h20-23,25,27H,2-19H2,1H3,(H,28,34)/p+2/t21-,22-,23?,25-/m0/s1. The zero-order chi connectivity index (χ0) is 23.5. The minimum Gasteiger partial charge on any atom is -0.349 e. The minimum atomic E-state index is 0.0217. The van der Waals surface area contributed by atoms with Gasteiger partial charge in [-0.25, -0.2) is 0 Å². The van der Waals surface area contributed by atoms with Crippen molar-refractivity contribution in [3.63, 3.8) is 0 Å². The van der Waals surface area contributed by atoms with Crippen LogP contribution >= 0.6 is 0 Å². The highest BCUT2D eigenvalue weighted by Crippen LogP contribution is 2.29. The number of nitrogens with one attached hydrogen (secondary N) is 2. The average Bonchev–Trinajstić information content (AvgIpc) is 3.30. The highest BCUT2D eigenvalue weighted by molar-refractivity contribution is 5.83. The van der Waals surface area contributed by atoms with Crippen LogP contribution in [0.2, 0.25) is 0 Å². The third-order valence-corrected chi connectivity index (χ3v) is 9.74. The molecule has 8 nitrogen and oxygen atoms in total. The molecule has 5 aliphatic rings. The van der Waals surface area contributed by atoms with Gasteiger partial charge in [-0.15, -0.1) is 0 Å². The summed E-state index contributed by atoms with van der Waals surface area (Å²) in [7, 11) is 2.27. The Labute approximate surface area is 205 Å². The average molecular weight is 477 g/mol. The van der Waals surface area contributed by atoms with Crippen molar-refractivity contribution in [2.45, 2.75) is 101 Å². The van der Waals surface area contributed by atoms with Crippen molar-refractivity contribution in [1.29, 1.82) is 0 Å². The maximum atomic E-state index is 13.1. The molecule has 8 heteroatoms. The van der Waals surface area contributed by atoms with Crippen molar-refractivity contribution in [3.05, 3.63) is 0 Å². The molecule has 4 saturated heterocycles. The third kappa shape index (κ3) is 5.30. The van der Waals surface area contributed by atoms with E-state index in [1.54, 1.807) is 0 Å². The molecule has 4 aliphatic heterocycles. The van der Waals surface area contributed by atoms with E-state index in [0.29, 0.717) is 43.2 Å². The lowest BCUT2D eigenvalue weighted by atomic mass is 9.93. The number of piperidine rings is 1. The number of carbonyl (C=O) groups excluding carboxylic acids is 2. The van der Waals surface area contributed by atoms with Crippen LogP contribution in [0.25, 0.3) is 0 Å². The Kier molecular flexibility index (Phi) is 8.08. The number of hydrogen-bond acceptors (Lipinski definition) is 4. The van der Waals surface area contributed by atoms with Crippen molar-refractivity contribution in [2.75, 3.05) is 52.9 Å². The van der Waals surface area contributed by atoms with E-state index < -0.39 is 0 Å². The van der Waals surface area contributed by atoms with Gasteiger partial charge in [-0.3, -0.25) is 19.4 Å². The molecule has 2 amide bonds. The Bertz CT molecular complexity index is 699. The number of piperazine rings is 1. The smallest absolute Gasteiger partial charge is 0.243 e. The number of carbonyl (C=O) groups is 2. The maximum Gasteiger partial charge on any atom is 0.243 e. The number of nitrogens with two attached hydrogens (primary N) is 1. The van der Waals surface area contributed by atoms with E-state index >= 15 is 0 Å². The number of likely N-dealkylation sites (tertiary alicyclic amines) is 1. The van der Waals surface area contributed by atoms with Crippen LogP contribution in [0.3, 0.4) is 0 Å². The molecule has 0 aromatic heterocycles. The van der Waals surface area contributed by atoms with Crippen molar-refractivity contribution < 1.29 is 19.8 Å². The number of amides is 2. The molecule has 0 aromatic rings. The summed E-state index contributed by atoms with van der Waals surface area (Å²) in [6.07, 6.45) is 13.6. The number of nitrogens with zero attached hydrogens (tertiary/aromatic N) is 3. The summed E-state index contributed by atoms with van der Waals surface area (Å²) in [5.74, 6) is 0.541. The fourth-order valence-corrected chi connectivity index (χ4v) is 7.59. The van der Waals surface area contributed by atoms with Gasteiger partial charge in [-0.2, -0.15) is 0 Å². The van der Waals surface area contributed by atoms with Gasteiger partial charge >= 0.3 is 0 Å². The topological polar surface area (TPSA) is 76.9 Å². The number of quaternary nitrogens is 2. The van der Waals surface area contributed by atoms with Crippen LogP contribution in [0.5, 0.6) is 0 Å². The van der Waals surface area contributed by atoms with E-state index in [0.717, 1.165) is 45.6 Å². The molecule has 192 valence electrons. The van der Waals surface area contributed by atoms with Gasteiger partial charge in [0.2, 0.25) is 11.8 Å². The van der Waals surface area contributed by atoms with E-state index in [4.69, 9.17) is 0 Å². The summed E-state index contributed by atoms with van der Waals surface area (Å²) in [6, 6.07) is 1.30. The maximum absolute atomic E-state index is 13.1. The van der Waals surface area contributed by atoms with Gasteiger partial charge < -0.3 is 20.4 Å². The molecule has 5 rings (SSSR count). The van der Waals surface area contributed by atoms with Crippen LogP contribution in [0.1, 0.15) is 70.6 Å². The van der Waals surface area contributed by atoms with Gasteiger partial charge in [0.15, 0.2) is 0 Å². The lowest BCUT2D eigenvalue weighted by Gasteiger charge is -2.39. The zero-order valence-electron chi connectivity index (χ0n) is 21.4. The number of hydrogen-bond donors (Lipinski definition) is 3. The fourth-order valence-electron chi connectivity index (χ4n) is 7.59. The summed E-state index contributed by atoms with van der Waals surface area (Å²) >= 11 is 0. The predicted molar refractivity (Wildman–Crippen MR) is 131 cm³/mol. The summed E-state index contributed by atoms with van der Waals surface area (Å²) in [5, 5.41) is 5.77. The molecule has 0 radical (unpaired) electrons. The molecular weight excluding hydrogens is 428 g/mol. The summed E-state index contributed by atoms with van der Waals surface area (Å²) < 4.78 is 0. The van der Waals surface area contributed by atoms with Gasteiger partial charge in [-0.1, -0.05) is 19.3 Å². The first-order chi connectivity index (χ1) is 16.6. The van der Waals surface area contributed by atoms with Gasteiger partial charge in [0.1, 0.15) is 24.3 Å². The fraction of sp³-hybridized carbons (Fsp3) is 0.923. The van der Waals surface area contributed by atoms with Crippen LogP contribution in [0.4, 0.5) is 0 Å². The first-order valence-electron chi connectivity index (χ1n) is 14.3. The lowest BCUT2D eigenvalue weighted by molar-refractivity contribution is -0.928. The molecular formula is C26H48N6O2+2. The van der Waals surface area contributed by atoms with Crippen LogP contribution in [-0.2, 0) is 9.59 Å². The van der Waals surface area contributed by atoms with Gasteiger partial charge in [-0.05, 0) is 25.7 Å². The van der Waals surface area contributed by atoms with Crippen molar-refractivity contribution >= 4 is 11.8 Å². The number of likely N-dealkylation sites (N-methyl/N-ethyl adjacent to an activating group) is 1. The van der Waals surface area contributed by atoms with E-state index in [-0.39, 0.29) is 11.9 Å². The predicted octanol–water partition coefficient (Wildman–Crippen LogP) is -1.23. The Morgan fingerprint density at radius 2 is 1.76 bits per heavy atom. The van der Waals surface area contributed by atoms with Crippen LogP contribution < -0.4 is 15.5 Å². The molecule has 34 heavy (non-hydrogen) atoms. The van der Waals surface area contributed by atoms with Crippen LogP contribution in [0, 0.1) is 0 Å². The zero-order valence-corrected chi connectivity index (χ0v) is 21.4. The lowest BCUT2D eigenvalue weighted by Crippen LogP contribution is -3.18. The first kappa shape index (κ1) is 24.5. The minimum absolute atomic E-state index is 0.0217. The largest absolute Gasteiger partial charge is 0.349 e. The highest BCUT2D eigenvalue weighted by atomic mass is 16.2. The molecule has 1 saturated carbocycles. The van der Waals surface area contributed by atoms with Gasteiger partial charge in [0.05, 0.1) is 20.1 Å². The number of rotatable bonds is 5. The van der Waals surface area contributed by atoms with Crippen LogP contribution in [-0.4, -0.2) is 110 Å². The Morgan fingerprint density at radius 3 is 2.50 bits per heavy atom. The van der Waals surface area contributed by atoms with E-state index in [1.165, 1.54) is 62.8 Å². The Balaban J connectivity index is 1.11. The van der Waals surface area contributed by atoms with E-state index in [2.05, 4.69) is 32.4 Å². The Morgan fingerprint density at radius 1 is 1.00 bits per heavy atom.